The number of carbonyl (C=O) groups excluding carboxylic acids is 1. The molecule has 0 aliphatic carbocycles. The van der Waals surface area contributed by atoms with Crippen molar-refractivity contribution in [2.24, 2.45) is 5.92 Å². The standard InChI is InChI=1S/C16H13Cl3N4O4S3/c17-10-3-4-12(28-10)30(25,26)23-5-1-2-8(7-23)14(24)20-16-22-21-15(27-16)9-6-11(18)29-13(9)19/h3-4,6,8H,1-2,5,7H2,(H,20,22,24). The summed E-state index contributed by atoms with van der Waals surface area (Å²) in [6, 6.07) is 4.49. The Morgan fingerprint density at radius 2 is 2.00 bits per heavy atom. The number of halogens is 3. The van der Waals surface area contributed by atoms with Crippen LogP contribution in [-0.4, -0.2) is 41.9 Å². The molecule has 1 N–H and O–H groups in total. The third-order valence-corrected chi connectivity index (χ3v) is 9.49. The average molecular weight is 528 g/mol. The first kappa shape index (κ1) is 22.0. The molecule has 30 heavy (non-hydrogen) atoms. The molecule has 4 heterocycles. The lowest BCUT2D eigenvalue weighted by molar-refractivity contribution is -0.121. The zero-order valence-corrected chi connectivity index (χ0v) is 19.7. The summed E-state index contributed by atoms with van der Waals surface area (Å²) in [6.45, 7) is 0.389. The minimum absolute atomic E-state index is 0.0522. The lowest BCUT2D eigenvalue weighted by atomic mass is 9.99. The van der Waals surface area contributed by atoms with Crippen LogP contribution in [0.4, 0.5) is 6.01 Å². The zero-order chi connectivity index (χ0) is 21.5. The molecule has 1 aliphatic rings. The third-order valence-electron chi connectivity index (χ3n) is 4.44. The highest BCUT2D eigenvalue weighted by Gasteiger charge is 2.34. The Kier molecular flexibility index (Phi) is 6.40. The van der Waals surface area contributed by atoms with E-state index < -0.39 is 21.8 Å². The first-order valence-corrected chi connectivity index (χ1v) is 12.8. The van der Waals surface area contributed by atoms with Crippen molar-refractivity contribution in [1.29, 1.82) is 0 Å². The highest BCUT2D eigenvalue weighted by molar-refractivity contribution is 7.91. The quantitative estimate of drug-likeness (QED) is 0.508. The minimum Gasteiger partial charge on any atom is -0.403 e. The summed E-state index contributed by atoms with van der Waals surface area (Å²) in [5.74, 6) is -0.830. The summed E-state index contributed by atoms with van der Waals surface area (Å²) in [5.41, 5.74) is 0.476. The average Bonchev–Trinajstić information content (AvgIpc) is 3.42. The number of piperidine rings is 1. The molecule has 14 heteroatoms. The zero-order valence-electron chi connectivity index (χ0n) is 15.0. The van der Waals surface area contributed by atoms with E-state index in [1.54, 1.807) is 6.07 Å². The van der Waals surface area contributed by atoms with Gasteiger partial charge in [0.05, 0.1) is 20.2 Å². The number of nitrogens with zero attached hydrogens (tertiary/aromatic N) is 3. The van der Waals surface area contributed by atoms with Gasteiger partial charge in [0.15, 0.2) is 0 Å². The van der Waals surface area contributed by atoms with Gasteiger partial charge >= 0.3 is 6.01 Å². The largest absolute Gasteiger partial charge is 0.403 e. The number of nitrogens with one attached hydrogen (secondary N) is 1. The molecule has 0 aromatic carbocycles. The van der Waals surface area contributed by atoms with Gasteiger partial charge in [0, 0.05) is 13.1 Å². The third kappa shape index (κ3) is 4.52. The summed E-state index contributed by atoms with van der Waals surface area (Å²) in [6.07, 6.45) is 1.09. The molecule has 1 atom stereocenters. The summed E-state index contributed by atoms with van der Waals surface area (Å²) < 4.78 is 33.8. The maximum atomic E-state index is 12.8. The van der Waals surface area contributed by atoms with E-state index in [9.17, 15) is 13.2 Å². The van der Waals surface area contributed by atoms with Gasteiger partial charge in [0.1, 0.15) is 8.55 Å². The molecule has 0 bridgehead atoms. The summed E-state index contributed by atoms with van der Waals surface area (Å²) in [7, 11) is -3.70. The van der Waals surface area contributed by atoms with Crippen molar-refractivity contribution >= 4 is 79.4 Å². The van der Waals surface area contributed by atoms with Gasteiger partial charge in [-0.1, -0.05) is 39.9 Å². The summed E-state index contributed by atoms with van der Waals surface area (Å²) in [5, 5.41) is 10.2. The fraction of sp³-hybridized carbons (Fsp3) is 0.312. The van der Waals surface area contributed by atoms with E-state index >= 15 is 0 Å². The van der Waals surface area contributed by atoms with E-state index in [4.69, 9.17) is 39.2 Å². The van der Waals surface area contributed by atoms with E-state index in [0.29, 0.717) is 38.0 Å². The lowest BCUT2D eigenvalue weighted by Gasteiger charge is -2.30. The number of sulfonamides is 1. The van der Waals surface area contributed by atoms with E-state index in [1.165, 1.54) is 16.4 Å². The fourth-order valence-electron chi connectivity index (χ4n) is 3.01. The fourth-order valence-corrected chi connectivity index (χ4v) is 7.62. The van der Waals surface area contributed by atoms with Crippen molar-refractivity contribution in [3.8, 4) is 11.5 Å². The van der Waals surface area contributed by atoms with E-state index in [-0.39, 0.29) is 22.7 Å². The number of amides is 1. The van der Waals surface area contributed by atoms with Crippen molar-refractivity contribution in [2.75, 3.05) is 18.4 Å². The molecule has 8 nitrogen and oxygen atoms in total. The first-order chi connectivity index (χ1) is 14.2. The van der Waals surface area contributed by atoms with E-state index in [0.717, 1.165) is 22.7 Å². The Bertz CT molecular complexity index is 1190. The molecule has 160 valence electrons. The number of aromatic nitrogens is 2. The topological polar surface area (TPSA) is 105 Å². The monoisotopic (exact) mass is 526 g/mol. The van der Waals surface area contributed by atoms with Gasteiger partial charge in [-0.25, -0.2) is 8.42 Å². The molecule has 0 saturated carbocycles. The van der Waals surface area contributed by atoms with Crippen molar-refractivity contribution < 1.29 is 17.6 Å². The van der Waals surface area contributed by atoms with E-state index in [1.807, 2.05) is 0 Å². The van der Waals surface area contributed by atoms with Crippen LogP contribution in [0.2, 0.25) is 13.0 Å². The summed E-state index contributed by atoms with van der Waals surface area (Å²) in [4.78, 5) is 12.7. The Balaban J connectivity index is 1.44. The molecule has 1 aliphatic heterocycles. The highest BCUT2D eigenvalue weighted by atomic mass is 35.5. The van der Waals surface area contributed by atoms with Gasteiger partial charge < -0.3 is 4.42 Å². The molecule has 1 unspecified atom stereocenters. The van der Waals surface area contributed by atoms with E-state index in [2.05, 4.69) is 15.5 Å². The van der Waals surface area contributed by atoms with Crippen LogP contribution in [-0.2, 0) is 14.8 Å². The van der Waals surface area contributed by atoms with Crippen LogP contribution in [0.3, 0.4) is 0 Å². The van der Waals surface area contributed by atoms with Crippen LogP contribution in [0, 0.1) is 5.92 Å². The smallest absolute Gasteiger partial charge is 0.322 e. The Labute approximate surface area is 194 Å². The predicted molar refractivity (Wildman–Crippen MR) is 117 cm³/mol. The number of carbonyl (C=O) groups is 1. The molecule has 3 aromatic rings. The van der Waals surface area contributed by atoms with Crippen LogP contribution < -0.4 is 5.32 Å². The maximum absolute atomic E-state index is 12.8. The van der Waals surface area contributed by atoms with Gasteiger partial charge in [-0.2, -0.15) is 4.31 Å². The molecule has 0 radical (unpaired) electrons. The van der Waals surface area contributed by atoms with Crippen LogP contribution in [0.25, 0.3) is 11.5 Å². The lowest BCUT2D eigenvalue weighted by Crippen LogP contribution is -2.43. The van der Waals surface area contributed by atoms with Crippen molar-refractivity contribution in [1.82, 2.24) is 14.5 Å². The number of rotatable bonds is 5. The Morgan fingerprint density at radius 3 is 2.67 bits per heavy atom. The first-order valence-electron chi connectivity index (χ1n) is 8.59. The van der Waals surface area contributed by atoms with Gasteiger partial charge in [-0.15, -0.1) is 27.8 Å². The molecule has 4 rings (SSSR count). The summed E-state index contributed by atoms with van der Waals surface area (Å²) >= 11 is 20.0. The number of thiophene rings is 2. The number of anilines is 1. The molecule has 3 aromatic heterocycles. The van der Waals surface area contributed by atoms with Crippen molar-refractivity contribution in [3.05, 3.63) is 31.2 Å². The van der Waals surface area contributed by atoms with Crippen LogP contribution in [0.5, 0.6) is 0 Å². The van der Waals surface area contributed by atoms with Gasteiger partial charge in [0.25, 0.3) is 15.9 Å². The molecule has 0 spiro atoms. The molecular formula is C16H13Cl3N4O4S3. The second kappa shape index (κ2) is 8.73. The second-order valence-corrected chi connectivity index (χ2v) is 12.6. The van der Waals surface area contributed by atoms with Gasteiger partial charge in [-0.3, -0.25) is 10.1 Å². The molecule has 1 fully saturated rings. The van der Waals surface area contributed by atoms with Crippen LogP contribution in [0.1, 0.15) is 12.8 Å². The van der Waals surface area contributed by atoms with Crippen LogP contribution >= 0.6 is 57.5 Å². The minimum atomic E-state index is -3.70. The SMILES string of the molecule is O=C(Nc1nnc(-c2cc(Cl)sc2Cl)o1)C1CCCN(S(=O)(=O)c2ccc(Cl)s2)C1. The van der Waals surface area contributed by atoms with Crippen molar-refractivity contribution in [2.45, 2.75) is 17.1 Å². The number of hydrogen-bond acceptors (Lipinski definition) is 8. The molecular weight excluding hydrogens is 515 g/mol. The van der Waals surface area contributed by atoms with Gasteiger partial charge in [-0.05, 0) is 31.0 Å². The predicted octanol–water partition coefficient (Wildman–Crippen LogP) is 4.86. The Hall–Kier alpha value is -1.21. The normalized spacial score (nSPS) is 17.9. The number of hydrogen-bond donors (Lipinski definition) is 1. The maximum Gasteiger partial charge on any atom is 0.322 e. The second-order valence-electron chi connectivity index (χ2n) is 6.40. The molecule has 1 saturated heterocycles. The van der Waals surface area contributed by atoms with Crippen molar-refractivity contribution in [3.63, 3.8) is 0 Å². The van der Waals surface area contributed by atoms with Gasteiger partial charge in [0.2, 0.25) is 5.91 Å². The van der Waals surface area contributed by atoms with Crippen LogP contribution in [0.15, 0.2) is 26.8 Å². The Morgan fingerprint density at radius 1 is 1.20 bits per heavy atom. The highest BCUT2D eigenvalue weighted by Crippen LogP contribution is 2.38. The molecule has 1 amide bonds.